The molecule has 0 spiro atoms. The number of aromatic amines is 1. The second-order valence-corrected chi connectivity index (χ2v) is 6.89. The molecule has 0 aliphatic carbocycles. The monoisotopic (exact) mass is 349 g/mol. The molecule has 134 valence electrons. The summed E-state index contributed by atoms with van der Waals surface area (Å²) in [6.07, 6.45) is 3.61. The normalized spacial score (nSPS) is 17.0. The summed E-state index contributed by atoms with van der Waals surface area (Å²) in [7, 11) is 1.95. The van der Waals surface area contributed by atoms with Gasteiger partial charge in [-0.1, -0.05) is 30.3 Å². The fourth-order valence-corrected chi connectivity index (χ4v) is 4.01. The van der Waals surface area contributed by atoms with E-state index in [1.54, 1.807) is 6.20 Å². The van der Waals surface area contributed by atoms with Gasteiger partial charge in [0.15, 0.2) is 0 Å². The molecule has 1 unspecified atom stereocenters. The molecule has 1 atom stereocenters. The molecule has 3 heterocycles. The zero-order valence-corrected chi connectivity index (χ0v) is 15.4. The third-order valence-corrected chi connectivity index (χ3v) is 5.34. The van der Waals surface area contributed by atoms with Crippen LogP contribution < -0.4 is 0 Å². The van der Waals surface area contributed by atoms with Crippen molar-refractivity contribution < 1.29 is 4.79 Å². The highest BCUT2D eigenvalue weighted by molar-refractivity contribution is 6.00. The Hall–Kier alpha value is -2.89. The number of nitrogens with zero attached hydrogens (tertiary/aromatic N) is 4. The Morgan fingerprint density at radius 1 is 1.23 bits per heavy atom. The smallest absolute Gasteiger partial charge is 0.258 e. The standard InChI is InChI=1S/C20H23N5O/c1-13-18(14(2)24(3)23-13)17-10-7-11-25(17)20(26)16-12-21-22-19(16)15-8-5-4-6-9-15/h4-6,8-9,12,17H,7,10-11H2,1-3H3,(H,21,22). The molecule has 3 aromatic rings. The number of H-pyrrole nitrogens is 1. The number of carbonyl (C=O) groups excluding carboxylic acids is 1. The average Bonchev–Trinajstić information content (AvgIpc) is 3.36. The Bertz CT molecular complexity index is 941. The zero-order valence-electron chi connectivity index (χ0n) is 15.4. The van der Waals surface area contributed by atoms with Gasteiger partial charge >= 0.3 is 0 Å². The van der Waals surface area contributed by atoms with Crippen molar-refractivity contribution in [1.29, 1.82) is 0 Å². The van der Waals surface area contributed by atoms with Gasteiger partial charge in [0.25, 0.3) is 5.91 Å². The molecule has 0 radical (unpaired) electrons. The van der Waals surface area contributed by atoms with Crippen molar-refractivity contribution in [1.82, 2.24) is 24.9 Å². The van der Waals surface area contributed by atoms with Gasteiger partial charge in [0, 0.05) is 30.4 Å². The number of nitrogens with one attached hydrogen (secondary N) is 1. The Kier molecular flexibility index (Phi) is 4.11. The summed E-state index contributed by atoms with van der Waals surface area (Å²) < 4.78 is 1.90. The Morgan fingerprint density at radius 3 is 2.69 bits per heavy atom. The van der Waals surface area contributed by atoms with E-state index in [0.29, 0.717) is 5.56 Å². The van der Waals surface area contributed by atoms with Crippen LogP contribution in [0.4, 0.5) is 0 Å². The van der Waals surface area contributed by atoms with Crippen LogP contribution in [0.15, 0.2) is 36.5 Å². The summed E-state index contributed by atoms with van der Waals surface area (Å²) in [6.45, 7) is 4.86. The molecule has 1 aliphatic heterocycles. The second-order valence-electron chi connectivity index (χ2n) is 6.89. The van der Waals surface area contributed by atoms with Gasteiger partial charge in [0.1, 0.15) is 0 Å². The van der Waals surface area contributed by atoms with Crippen molar-refractivity contribution in [2.24, 2.45) is 7.05 Å². The summed E-state index contributed by atoms with van der Waals surface area (Å²) in [4.78, 5) is 15.3. The first-order valence-corrected chi connectivity index (χ1v) is 8.97. The van der Waals surface area contributed by atoms with Crippen LogP contribution in [0.5, 0.6) is 0 Å². The second kappa shape index (κ2) is 6.44. The molecule has 6 heteroatoms. The van der Waals surface area contributed by atoms with E-state index in [4.69, 9.17) is 0 Å². The summed E-state index contributed by atoms with van der Waals surface area (Å²) in [5, 5.41) is 11.7. The Balaban J connectivity index is 1.70. The number of hydrogen-bond acceptors (Lipinski definition) is 3. The third-order valence-electron chi connectivity index (χ3n) is 5.34. The van der Waals surface area contributed by atoms with Gasteiger partial charge < -0.3 is 4.90 Å². The molecular weight excluding hydrogens is 326 g/mol. The summed E-state index contributed by atoms with van der Waals surface area (Å²) in [6, 6.07) is 9.94. The van der Waals surface area contributed by atoms with Gasteiger partial charge in [0.05, 0.1) is 29.2 Å². The summed E-state index contributed by atoms with van der Waals surface area (Å²) >= 11 is 0. The van der Waals surface area contributed by atoms with Crippen LogP contribution in [0.2, 0.25) is 0 Å². The topological polar surface area (TPSA) is 66.8 Å². The average molecular weight is 349 g/mol. The zero-order chi connectivity index (χ0) is 18.3. The first kappa shape index (κ1) is 16.6. The molecule has 4 rings (SSSR count). The van der Waals surface area contributed by atoms with E-state index in [9.17, 15) is 4.79 Å². The van der Waals surface area contributed by atoms with Gasteiger partial charge in [-0.05, 0) is 26.7 Å². The third kappa shape index (κ3) is 2.62. The minimum absolute atomic E-state index is 0.0303. The molecule has 1 fully saturated rings. The number of aryl methyl sites for hydroxylation is 2. The predicted octanol–water partition coefficient (Wildman–Crippen LogP) is 3.40. The van der Waals surface area contributed by atoms with E-state index in [-0.39, 0.29) is 11.9 Å². The maximum Gasteiger partial charge on any atom is 0.258 e. The van der Waals surface area contributed by atoms with Crippen LogP contribution in [0.1, 0.15) is 46.2 Å². The lowest BCUT2D eigenvalue weighted by molar-refractivity contribution is 0.0736. The number of amides is 1. The lowest BCUT2D eigenvalue weighted by atomic mass is 10.0. The van der Waals surface area contributed by atoms with Crippen molar-refractivity contribution >= 4 is 5.91 Å². The SMILES string of the molecule is Cc1nn(C)c(C)c1C1CCCN1C(=O)c1cn[nH]c1-c1ccccc1. The number of likely N-dealkylation sites (tertiary alicyclic amines) is 1. The number of benzene rings is 1. The van der Waals surface area contributed by atoms with E-state index in [2.05, 4.69) is 22.2 Å². The molecular formula is C20H23N5O. The first-order chi connectivity index (χ1) is 12.6. The van der Waals surface area contributed by atoms with Gasteiger partial charge in [-0.15, -0.1) is 0 Å². The maximum absolute atomic E-state index is 13.4. The van der Waals surface area contributed by atoms with Crippen LogP contribution in [0.3, 0.4) is 0 Å². The highest BCUT2D eigenvalue weighted by atomic mass is 16.2. The lowest BCUT2D eigenvalue weighted by Gasteiger charge is -2.25. The minimum atomic E-state index is 0.0303. The van der Waals surface area contributed by atoms with E-state index in [1.807, 2.05) is 53.9 Å². The summed E-state index contributed by atoms with van der Waals surface area (Å²) in [5.74, 6) is 0.0303. The van der Waals surface area contributed by atoms with E-state index in [1.165, 1.54) is 5.56 Å². The molecule has 2 aromatic heterocycles. The molecule has 1 saturated heterocycles. The van der Waals surface area contributed by atoms with Crippen molar-refractivity contribution in [3.8, 4) is 11.3 Å². The molecule has 1 aliphatic rings. The lowest BCUT2D eigenvalue weighted by Crippen LogP contribution is -2.31. The highest BCUT2D eigenvalue weighted by Crippen LogP contribution is 2.37. The largest absolute Gasteiger partial charge is 0.331 e. The van der Waals surface area contributed by atoms with Crippen LogP contribution in [-0.2, 0) is 7.05 Å². The van der Waals surface area contributed by atoms with E-state index >= 15 is 0 Å². The number of carbonyl (C=O) groups is 1. The Labute approximate surface area is 152 Å². The minimum Gasteiger partial charge on any atom is -0.331 e. The molecule has 0 bridgehead atoms. The molecule has 1 aromatic carbocycles. The maximum atomic E-state index is 13.4. The van der Waals surface area contributed by atoms with Crippen LogP contribution in [0, 0.1) is 13.8 Å². The quantitative estimate of drug-likeness (QED) is 0.788. The van der Waals surface area contributed by atoms with Crippen molar-refractivity contribution in [3.05, 3.63) is 59.0 Å². The van der Waals surface area contributed by atoms with Crippen LogP contribution in [0.25, 0.3) is 11.3 Å². The fourth-order valence-electron chi connectivity index (χ4n) is 4.01. The van der Waals surface area contributed by atoms with Gasteiger partial charge in [-0.2, -0.15) is 10.2 Å². The Morgan fingerprint density at radius 2 is 2.00 bits per heavy atom. The molecule has 0 saturated carbocycles. The number of hydrogen-bond donors (Lipinski definition) is 1. The number of rotatable bonds is 3. The number of aromatic nitrogens is 4. The molecule has 1 amide bonds. The van der Waals surface area contributed by atoms with Gasteiger partial charge in [-0.25, -0.2) is 0 Å². The van der Waals surface area contributed by atoms with Crippen LogP contribution >= 0.6 is 0 Å². The molecule has 26 heavy (non-hydrogen) atoms. The van der Waals surface area contributed by atoms with Gasteiger partial charge in [-0.3, -0.25) is 14.6 Å². The fraction of sp³-hybridized carbons (Fsp3) is 0.350. The van der Waals surface area contributed by atoms with Crippen molar-refractivity contribution in [2.75, 3.05) is 6.54 Å². The van der Waals surface area contributed by atoms with Crippen LogP contribution in [-0.4, -0.2) is 37.3 Å². The molecule has 1 N–H and O–H groups in total. The highest BCUT2D eigenvalue weighted by Gasteiger charge is 2.35. The van der Waals surface area contributed by atoms with E-state index < -0.39 is 0 Å². The summed E-state index contributed by atoms with van der Waals surface area (Å²) in [5.41, 5.74) is 5.69. The predicted molar refractivity (Wildman–Crippen MR) is 99.7 cm³/mol. The van der Waals surface area contributed by atoms with Crippen molar-refractivity contribution in [2.45, 2.75) is 32.7 Å². The van der Waals surface area contributed by atoms with Crippen molar-refractivity contribution in [3.63, 3.8) is 0 Å². The molecule has 6 nitrogen and oxygen atoms in total. The first-order valence-electron chi connectivity index (χ1n) is 8.97. The van der Waals surface area contributed by atoms with Gasteiger partial charge in [0.2, 0.25) is 0 Å². The van der Waals surface area contributed by atoms with E-state index in [0.717, 1.165) is 42.0 Å².